The molecule has 0 radical (unpaired) electrons. The molecule has 0 bridgehead atoms. The van der Waals surface area contributed by atoms with Gasteiger partial charge in [-0.3, -0.25) is 14.5 Å². The van der Waals surface area contributed by atoms with Gasteiger partial charge in [-0.15, -0.1) is 0 Å². The minimum Gasteiger partial charge on any atom is -0.497 e. The molecule has 7 heteroatoms. The van der Waals surface area contributed by atoms with Crippen molar-refractivity contribution in [1.29, 1.82) is 0 Å². The first-order chi connectivity index (χ1) is 18.1. The third kappa shape index (κ3) is 5.95. The SMILES string of the molecule is COc1ccc(-c2cc(C(=O)NC3CCN(CC(=O)Nc4ccccc4)CC3)c3ccccc3n2)cc1. The molecule has 188 valence electrons. The maximum atomic E-state index is 13.4. The molecule has 37 heavy (non-hydrogen) atoms. The Morgan fingerprint density at radius 2 is 1.65 bits per heavy atom. The fourth-order valence-corrected chi connectivity index (χ4v) is 4.70. The lowest BCUT2D eigenvalue weighted by Crippen LogP contribution is -2.46. The number of amides is 2. The van der Waals surface area contributed by atoms with Crippen LogP contribution in [0.1, 0.15) is 23.2 Å². The van der Waals surface area contributed by atoms with Gasteiger partial charge >= 0.3 is 0 Å². The number of piperidine rings is 1. The van der Waals surface area contributed by atoms with Gasteiger partial charge in [0.1, 0.15) is 5.75 Å². The molecule has 1 fully saturated rings. The number of carbonyl (C=O) groups excluding carboxylic acids is 2. The third-order valence-electron chi connectivity index (χ3n) is 6.69. The van der Waals surface area contributed by atoms with Gasteiger partial charge in [-0.2, -0.15) is 0 Å². The van der Waals surface area contributed by atoms with Gasteiger partial charge in [0.2, 0.25) is 5.91 Å². The first kappa shape index (κ1) is 24.5. The molecule has 1 aromatic heterocycles. The Balaban J connectivity index is 1.24. The summed E-state index contributed by atoms with van der Waals surface area (Å²) < 4.78 is 5.27. The van der Waals surface area contributed by atoms with Crippen molar-refractivity contribution in [3.63, 3.8) is 0 Å². The number of para-hydroxylation sites is 2. The summed E-state index contributed by atoms with van der Waals surface area (Å²) >= 11 is 0. The number of anilines is 1. The van der Waals surface area contributed by atoms with Crippen LogP contribution in [0.25, 0.3) is 22.2 Å². The van der Waals surface area contributed by atoms with E-state index in [1.54, 1.807) is 7.11 Å². The number of likely N-dealkylation sites (tertiary alicyclic amines) is 1. The maximum absolute atomic E-state index is 13.4. The summed E-state index contributed by atoms with van der Waals surface area (Å²) in [5.74, 6) is 0.642. The first-order valence-electron chi connectivity index (χ1n) is 12.5. The van der Waals surface area contributed by atoms with E-state index in [1.165, 1.54) is 0 Å². The Bertz CT molecular complexity index is 1380. The molecule has 1 aliphatic rings. The normalized spacial score (nSPS) is 14.3. The fourth-order valence-electron chi connectivity index (χ4n) is 4.70. The zero-order chi connectivity index (χ0) is 25.6. The molecule has 7 nitrogen and oxygen atoms in total. The topological polar surface area (TPSA) is 83.6 Å². The van der Waals surface area contributed by atoms with Crippen LogP contribution in [-0.4, -0.2) is 54.5 Å². The van der Waals surface area contributed by atoms with Crippen molar-refractivity contribution in [2.45, 2.75) is 18.9 Å². The van der Waals surface area contributed by atoms with Gasteiger partial charge in [0.25, 0.3) is 5.91 Å². The Labute approximate surface area is 216 Å². The lowest BCUT2D eigenvalue weighted by atomic mass is 10.0. The number of nitrogens with zero attached hydrogens (tertiary/aromatic N) is 2. The standard InChI is InChI=1S/C30H30N4O3/c1-37-24-13-11-21(12-14-24)28-19-26(25-9-5-6-10-27(25)33-28)30(36)32-23-15-17-34(18-16-23)20-29(35)31-22-7-3-2-4-8-22/h2-14,19,23H,15-18,20H2,1H3,(H,31,35)(H,32,36). The molecular formula is C30H30N4O3. The maximum Gasteiger partial charge on any atom is 0.252 e. The van der Waals surface area contributed by atoms with Gasteiger partial charge in [-0.25, -0.2) is 4.98 Å². The van der Waals surface area contributed by atoms with Crippen LogP contribution in [0.5, 0.6) is 5.75 Å². The summed E-state index contributed by atoms with van der Waals surface area (Å²) in [6, 6.07) is 26.8. The van der Waals surface area contributed by atoms with E-state index in [9.17, 15) is 9.59 Å². The number of nitrogens with one attached hydrogen (secondary N) is 2. The van der Waals surface area contributed by atoms with Gasteiger partial charge in [0.15, 0.2) is 0 Å². The van der Waals surface area contributed by atoms with E-state index in [0.717, 1.165) is 59.5 Å². The van der Waals surface area contributed by atoms with Crippen LogP contribution in [0.2, 0.25) is 0 Å². The van der Waals surface area contributed by atoms with Crippen LogP contribution in [0.15, 0.2) is 84.9 Å². The van der Waals surface area contributed by atoms with Crippen LogP contribution < -0.4 is 15.4 Å². The summed E-state index contributed by atoms with van der Waals surface area (Å²) in [6.07, 6.45) is 1.58. The molecule has 4 aromatic rings. The van der Waals surface area contributed by atoms with E-state index in [0.29, 0.717) is 12.1 Å². The Hall–Kier alpha value is -4.23. The summed E-state index contributed by atoms with van der Waals surface area (Å²) in [6.45, 7) is 1.85. The van der Waals surface area contributed by atoms with Crippen molar-refractivity contribution in [3.8, 4) is 17.0 Å². The lowest BCUT2D eigenvalue weighted by Gasteiger charge is -2.32. The molecule has 2 heterocycles. The Morgan fingerprint density at radius 1 is 0.946 bits per heavy atom. The number of carbonyl (C=O) groups is 2. The van der Waals surface area contributed by atoms with Crippen molar-refractivity contribution >= 4 is 28.4 Å². The molecule has 5 rings (SSSR count). The second-order valence-electron chi connectivity index (χ2n) is 9.24. The monoisotopic (exact) mass is 494 g/mol. The highest BCUT2D eigenvalue weighted by Crippen LogP contribution is 2.27. The number of rotatable bonds is 7. The minimum atomic E-state index is -0.103. The average Bonchev–Trinajstić information content (AvgIpc) is 2.94. The number of aromatic nitrogens is 1. The molecule has 3 aromatic carbocycles. The predicted octanol–water partition coefficient (Wildman–Crippen LogP) is 4.74. The third-order valence-corrected chi connectivity index (χ3v) is 6.69. The predicted molar refractivity (Wildman–Crippen MR) is 146 cm³/mol. The van der Waals surface area contributed by atoms with Crippen molar-refractivity contribution < 1.29 is 14.3 Å². The number of benzene rings is 3. The van der Waals surface area contributed by atoms with Crippen molar-refractivity contribution in [3.05, 3.63) is 90.5 Å². The van der Waals surface area contributed by atoms with Crippen LogP contribution in [0.3, 0.4) is 0 Å². The largest absolute Gasteiger partial charge is 0.497 e. The molecule has 0 atom stereocenters. The zero-order valence-corrected chi connectivity index (χ0v) is 20.8. The highest BCUT2D eigenvalue weighted by molar-refractivity contribution is 6.07. The second-order valence-corrected chi connectivity index (χ2v) is 9.24. The lowest BCUT2D eigenvalue weighted by molar-refractivity contribution is -0.117. The Kier molecular flexibility index (Phi) is 7.42. The summed E-state index contributed by atoms with van der Waals surface area (Å²) in [5.41, 5.74) is 3.85. The zero-order valence-electron chi connectivity index (χ0n) is 20.8. The molecule has 1 aliphatic heterocycles. The van der Waals surface area contributed by atoms with Crippen molar-refractivity contribution in [2.24, 2.45) is 0 Å². The smallest absolute Gasteiger partial charge is 0.252 e. The van der Waals surface area contributed by atoms with E-state index in [2.05, 4.69) is 15.5 Å². The average molecular weight is 495 g/mol. The van der Waals surface area contributed by atoms with Crippen LogP contribution in [0.4, 0.5) is 5.69 Å². The van der Waals surface area contributed by atoms with E-state index >= 15 is 0 Å². The summed E-state index contributed by atoms with van der Waals surface area (Å²) in [4.78, 5) is 32.8. The van der Waals surface area contributed by atoms with E-state index in [1.807, 2.05) is 84.9 Å². The second kappa shape index (κ2) is 11.2. The summed E-state index contributed by atoms with van der Waals surface area (Å²) in [5, 5.41) is 6.98. The number of hydrogen-bond acceptors (Lipinski definition) is 5. The van der Waals surface area contributed by atoms with Gasteiger partial charge in [-0.1, -0.05) is 36.4 Å². The number of fused-ring (bicyclic) bond motifs is 1. The van der Waals surface area contributed by atoms with E-state index < -0.39 is 0 Å². The van der Waals surface area contributed by atoms with E-state index in [4.69, 9.17) is 9.72 Å². The molecule has 1 saturated heterocycles. The molecular weight excluding hydrogens is 464 g/mol. The molecule has 0 spiro atoms. The van der Waals surface area contributed by atoms with Gasteiger partial charge in [-0.05, 0) is 61.4 Å². The van der Waals surface area contributed by atoms with Gasteiger partial charge in [0.05, 0.1) is 30.4 Å². The van der Waals surface area contributed by atoms with Gasteiger partial charge < -0.3 is 15.4 Å². The van der Waals surface area contributed by atoms with Crippen LogP contribution in [0, 0.1) is 0 Å². The first-order valence-corrected chi connectivity index (χ1v) is 12.5. The fraction of sp³-hybridized carbons (Fsp3) is 0.233. The van der Waals surface area contributed by atoms with Crippen molar-refractivity contribution in [1.82, 2.24) is 15.2 Å². The summed E-state index contributed by atoms with van der Waals surface area (Å²) in [7, 11) is 1.63. The highest BCUT2D eigenvalue weighted by atomic mass is 16.5. The Morgan fingerprint density at radius 3 is 2.38 bits per heavy atom. The minimum absolute atomic E-state index is 0.0250. The van der Waals surface area contributed by atoms with Crippen LogP contribution in [-0.2, 0) is 4.79 Å². The molecule has 2 N–H and O–H groups in total. The number of hydrogen-bond donors (Lipinski definition) is 2. The molecule has 0 aliphatic carbocycles. The number of ether oxygens (including phenoxy) is 1. The van der Waals surface area contributed by atoms with Crippen LogP contribution >= 0.6 is 0 Å². The molecule has 0 unspecified atom stereocenters. The highest BCUT2D eigenvalue weighted by Gasteiger charge is 2.23. The molecule has 0 saturated carbocycles. The number of methoxy groups -OCH3 is 1. The molecule has 2 amide bonds. The van der Waals surface area contributed by atoms with Gasteiger partial charge in [0, 0.05) is 35.8 Å². The quantitative estimate of drug-likeness (QED) is 0.388. The van der Waals surface area contributed by atoms with E-state index in [-0.39, 0.29) is 17.9 Å². The number of pyridine rings is 1. The van der Waals surface area contributed by atoms with Crippen molar-refractivity contribution in [2.75, 3.05) is 32.1 Å².